The van der Waals surface area contributed by atoms with Gasteiger partial charge in [-0.2, -0.15) is 0 Å². The zero-order valence-electron chi connectivity index (χ0n) is 9.95. The number of hydrogen-bond donors (Lipinski definition) is 2. The summed E-state index contributed by atoms with van der Waals surface area (Å²) in [5.74, 6) is 1.32. The maximum Gasteiger partial charge on any atom is 0.303 e. The quantitative estimate of drug-likeness (QED) is 0.682. The van der Waals surface area contributed by atoms with E-state index in [0.29, 0.717) is 12.5 Å². The van der Waals surface area contributed by atoms with Crippen molar-refractivity contribution in [2.75, 3.05) is 6.54 Å². The van der Waals surface area contributed by atoms with E-state index in [-0.39, 0.29) is 0 Å². The van der Waals surface area contributed by atoms with E-state index in [2.05, 4.69) is 5.32 Å². The normalized spacial score (nSPS) is 30.2. The zero-order valence-corrected chi connectivity index (χ0v) is 9.95. The van der Waals surface area contributed by atoms with Crippen LogP contribution in [0.5, 0.6) is 0 Å². The molecular weight excluding hydrogens is 202 g/mol. The minimum absolute atomic E-state index is 0.297. The van der Waals surface area contributed by atoms with Crippen LogP contribution in [-0.4, -0.2) is 23.7 Å². The lowest BCUT2D eigenvalue weighted by molar-refractivity contribution is -0.137. The van der Waals surface area contributed by atoms with Crippen LogP contribution >= 0.6 is 0 Å². The van der Waals surface area contributed by atoms with Gasteiger partial charge in [0.1, 0.15) is 0 Å². The fourth-order valence-electron chi connectivity index (χ4n) is 2.95. The number of nitrogens with one attached hydrogen (secondary N) is 1. The molecule has 2 rings (SSSR count). The third-order valence-electron chi connectivity index (χ3n) is 4.00. The molecule has 0 saturated heterocycles. The van der Waals surface area contributed by atoms with Gasteiger partial charge in [0, 0.05) is 12.5 Å². The number of rotatable bonds is 6. The molecule has 2 aliphatic carbocycles. The van der Waals surface area contributed by atoms with E-state index in [1.54, 1.807) is 0 Å². The molecule has 2 atom stereocenters. The number of carboxylic acid groups (broad SMARTS) is 1. The molecule has 3 nitrogen and oxygen atoms in total. The molecular formula is C13H23NO2. The summed E-state index contributed by atoms with van der Waals surface area (Å²) in [6.07, 6.45) is 9.38. The fraction of sp³-hybridized carbons (Fsp3) is 0.923. The van der Waals surface area contributed by atoms with Crippen molar-refractivity contribution in [2.45, 2.75) is 57.4 Å². The molecule has 2 fully saturated rings. The van der Waals surface area contributed by atoms with Crippen molar-refractivity contribution in [3.05, 3.63) is 0 Å². The third-order valence-corrected chi connectivity index (χ3v) is 4.00. The van der Waals surface area contributed by atoms with Crippen LogP contribution in [-0.2, 0) is 4.79 Å². The van der Waals surface area contributed by atoms with Gasteiger partial charge in [-0.25, -0.2) is 0 Å². The van der Waals surface area contributed by atoms with Gasteiger partial charge < -0.3 is 10.4 Å². The number of hydrogen-bond acceptors (Lipinski definition) is 2. The molecule has 2 unspecified atom stereocenters. The van der Waals surface area contributed by atoms with Crippen LogP contribution in [0.15, 0.2) is 0 Å². The van der Waals surface area contributed by atoms with Gasteiger partial charge in [0.2, 0.25) is 0 Å². The van der Waals surface area contributed by atoms with Gasteiger partial charge in [0.05, 0.1) is 0 Å². The van der Waals surface area contributed by atoms with Crippen molar-refractivity contribution >= 4 is 5.97 Å². The second-order valence-electron chi connectivity index (χ2n) is 5.41. The second-order valence-corrected chi connectivity index (χ2v) is 5.41. The average Bonchev–Trinajstić information content (AvgIpc) is 3.08. The van der Waals surface area contributed by atoms with Crippen LogP contribution in [0, 0.1) is 11.8 Å². The molecule has 0 spiro atoms. The highest BCUT2D eigenvalue weighted by Crippen LogP contribution is 2.43. The fourth-order valence-corrected chi connectivity index (χ4v) is 2.95. The van der Waals surface area contributed by atoms with Gasteiger partial charge in [-0.05, 0) is 50.5 Å². The summed E-state index contributed by atoms with van der Waals surface area (Å²) in [6, 6.07) is 0.660. The molecule has 0 aliphatic heterocycles. The van der Waals surface area contributed by atoms with Crippen molar-refractivity contribution in [1.82, 2.24) is 5.32 Å². The van der Waals surface area contributed by atoms with Gasteiger partial charge in [-0.1, -0.05) is 12.8 Å². The maximum atomic E-state index is 10.4. The summed E-state index contributed by atoms with van der Waals surface area (Å²) < 4.78 is 0. The van der Waals surface area contributed by atoms with Crippen molar-refractivity contribution < 1.29 is 9.90 Å². The van der Waals surface area contributed by atoms with Crippen molar-refractivity contribution in [3.63, 3.8) is 0 Å². The van der Waals surface area contributed by atoms with Crippen LogP contribution in [0.3, 0.4) is 0 Å². The standard InChI is InChI=1S/C13H23NO2/c15-13(16)5-2-8-14-12-4-1-3-11(9-12)10-6-7-10/h10-12,14H,1-9H2,(H,15,16). The highest BCUT2D eigenvalue weighted by molar-refractivity contribution is 5.66. The van der Waals surface area contributed by atoms with Gasteiger partial charge >= 0.3 is 5.97 Å². The van der Waals surface area contributed by atoms with E-state index < -0.39 is 5.97 Å². The Kier molecular flexibility index (Phi) is 4.22. The summed E-state index contributed by atoms with van der Waals surface area (Å²) in [4.78, 5) is 10.4. The lowest BCUT2D eigenvalue weighted by atomic mass is 9.83. The molecule has 0 bridgehead atoms. The summed E-state index contributed by atoms with van der Waals surface area (Å²) in [5.41, 5.74) is 0. The van der Waals surface area contributed by atoms with Crippen LogP contribution in [0.25, 0.3) is 0 Å². The molecule has 0 amide bonds. The summed E-state index contributed by atoms with van der Waals surface area (Å²) in [5, 5.41) is 12.1. The highest BCUT2D eigenvalue weighted by Gasteiger charge is 2.34. The Morgan fingerprint density at radius 3 is 2.69 bits per heavy atom. The topological polar surface area (TPSA) is 49.3 Å². The number of carboxylic acids is 1. The predicted molar refractivity (Wildman–Crippen MR) is 63.3 cm³/mol. The monoisotopic (exact) mass is 225 g/mol. The summed E-state index contributed by atoms with van der Waals surface area (Å²) >= 11 is 0. The minimum atomic E-state index is -0.679. The molecule has 16 heavy (non-hydrogen) atoms. The molecule has 2 aliphatic rings. The van der Waals surface area contributed by atoms with Gasteiger partial charge in [-0.3, -0.25) is 4.79 Å². The van der Waals surface area contributed by atoms with E-state index in [9.17, 15) is 4.79 Å². The number of carbonyl (C=O) groups is 1. The van der Waals surface area contributed by atoms with Crippen LogP contribution in [0.1, 0.15) is 51.4 Å². The van der Waals surface area contributed by atoms with Gasteiger partial charge in [0.25, 0.3) is 0 Å². The van der Waals surface area contributed by atoms with Crippen LogP contribution < -0.4 is 5.32 Å². The lowest BCUT2D eigenvalue weighted by Gasteiger charge is -2.30. The zero-order chi connectivity index (χ0) is 11.4. The molecule has 2 N–H and O–H groups in total. The Hall–Kier alpha value is -0.570. The SMILES string of the molecule is O=C(O)CCCNC1CCCC(C2CC2)C1. The summed E-state index contributed by atoms with van der Waals surface area (Å²) in [7, 11) is 0. The Morgan fingerprint density at radius 2 is 2.00 bits per heavy atom. The molecule has 0 aromatic heterocycles. The largest absolute Gasteiger partial charge is 0.481 e. The van der Waals surface area contributed by atoms with Crippen LogP contribution in [0.2, 0.25) is 0 Å². The second kappa shape index (κ2) is 5.67. The predicted octanol–water partition coefficient (Wildman–Crippen LogP) is 2.41. The van der Waals surface area contributed by atoms with E-state index in [0.717, 1.165) is 24.8 Å². The van der Waals surface area contributed by atoms with Crippen molar-refractivity contribution in [2.24, 2.45) is 11.8 Å². The van der Waals surface area contributed by atoms with E-state index in [4.69, 9.17) is 5.11 Å². The lowest BCUT2D eigenvalue weighted by Crippen LogP contribution is -2.35. The Bertz CT molecular complexity index is 238. The Morgan fingerprint density at radius 1 is 1.19 bits per heavy atom. The maximum absolute atomic E-state index is 10.4. The molecule has 0 aromatic carbocycles. The third kappa shape index (κ3) is 3.78. The Labute approximate surface area is 97.6 Å². The first-order valence-electron chi connectivity index (χ1n) is 6.71. The first kappa shape index (κ1) is 11.9. The van der Waals surface area contributed by atoms with Gasteiger partial charge in [0.15, 0.2) is 0 Å². The molecule has 0 heterocycles. The minimum Gasteiger partial charge on any atom is -0.481 e. The molecule has 2 saturated carbocycles. The first-order valence-corrected chi connectivity index (χ1v) is 6.71. The van der Waals surface area contributed by atoms with Crippen molar-refractivity contribution in [3.8, 4) is 0 Å². The summed E-state index contributed by atoms with van der Waals surface area (Å²) in [6.45, 7) is 0.869. The van der Waals surface area contributed by atoms with E-state index in [1.807, 2.05) is 0 Å². The Balaban J connectivity index is 1.59. The van der Waals surface area contributed by atoms with E-state index >= 15 is 0 Å². The van der Waals surface area contributed by atoms with Crippen LogP contribution in [0.4, 0.5) is 0 Å². The molecule has 3 heteroatoms. The molecule has 0 radical (unpaired) electrons. The van der Waals surface area contributed by atoms with E-state index in [1.165, 1.54) is 38.5 Å². The highest BCUT2D eigenvalue weighted by atomic mass is 16.4. The molecule has 0 aromatic rings. The van der Waals surface area contributed by atoms with Gasteiger partial charge in [-0.15, -0.1) is 0 Å². The number of aliphatic carboxylic acids is 1. The first-order chi connectivity index (χ1) is 7.75. The smallest absolute Gasteiger partial charge is 0.303 e. The molecule has 92 valence electrons. The van der Waals surface area contributed by atoms with Crippen molar-refractivity contribution in [1.29, 1.82) is 0 Å². The average molecular weight is 225 g/mol.